The van der Waals surface area contributed by atoms with Gasteiger partial charge in [-0.05, 0) is 24.9 Å². The van der Waals surface area contributed by atoms with Crippen molar-refractivity contribution >= 4 is 5.65 Å². The zero-order valence-electron chi connectivity index (χ0n) is 9.48. The van der Waals surface area contributed by atoms with Crippen LogP contribution in [0.1, 0.15) is 30.5 Å². The first-order chi connectivity index (χ1) is 7.86. The van der Waals surface area contributed by atoms with Crippen LogP contribution in [-0.2, 0) is 6.42 Å². The lowest BCUT2D eigenvalue weighted by Crippen LogP contribution is -2.08. The summed E-state index contributed by atoms with van der Waals surface area (Å²) in [6.07, 6.45) is 6.20. The maximum atomic E-state index is 4.62. The van der Waals surface area contributed by atoms with Gasteiger partial charge in [-0.2, -0.15) is 5.10 Å². The van der Waals surface area contributed by atoms with Crippen molar-refractivity contribution in [1.82, 2.24) is 19.9 Å². The Hall–Kier alpha value is -1.42. The molecule has 0 saturated carbocycles. The molecule has 4 nitrogen and oxygen atoms in total. The molecule has 2 aromatic rings. The van der Waals surface area contributed by atoms with E-state index in [0.717, 1.165) is 25.2 Å². The van der Waals surface area contributed by atoms with Crippen LogP contribution in [0.15, 0.2) is 18.5 Å². The Kier molecular flexibility index (Phi) is 2.36. The number of hydrogen-bond acceptors (Lipinski definition) is 3. The molecule has 3 rings (SSSR count). The van der Waals surface area contributed by atoms with Gasteiger partial charge in [-0.15, -0.1) is 0 Å². The number of hydrogen-bond donors (Lipinski definition) is 1. The summed E-state index contributed by atoms with van der Waals surface area (Å²) in [6.45, 7) is 4.28. The molecule has 4 heteroatoms. The standard InChI is InChI=1S/C12H16N4/c1-2-9-6-14-12-5-11(15-16(12)8-9)10-3-4-13-7-10/h5-6,8,10,13H,2-4,7H2,1H3. The second-order valence-electron chi connectivity index (χ2n) is 4.38. The van der Waals surface area contributed by atoms with E-state index >= 15 is 0 Å². The minimum Gasteiger partial charge on any atom is -0.316 e. The first-order valence-electron chi connectivity index (χ1n) is 5.91. The van der Waals surface area contributed by atoms with Gasteiger partial charge in [-0.25, -0.2) is 9.50 Å². The molecule has 1 aliphatic rings. The monoisotopic (exact) mass is 216 g/mol. The van der Waals surface area contributed by atoms with Crippen LogP contribution in [0, 0.1) is 0 Å². The van der Waals surface area contributed by atoms with Crippen LogP contribution in [-0.4, -0.2) is 27.7 Å². The summed E-state index contributed by atoms with van der Waals surface area (Å²) >= 11 is 0. The van der Waals surface area contributed by atoms with Crippen LogP contribution in [0.4, 0.5) is 0 Å². The van der Waals surface area contributed by atoms with Gasteiger partial charge in [0.2, 0.25) is 0 Å². The number of fused-ring (bicyclic) bond motifs is 1. The van der Waals surface area contributed by atoms with Crippen molar-refractivity contribution in [2.45, 2.75) is 25.7 Å². The molecular formula is C12H16N4. The van der Waals surface area contributed by atoms with Crippen molar-refractivity contribution in [3.8, 4) is 0 Å². The minimum absolute atomic E-state index is 0.562. The molecule has 1 fully saturated rings. The summed E-state index contributed by atoms with van der Waals surface area (Å²) in [5, 5.41) is 7.99. The highest BCUT2D eigenvalue weighted by molar-refractivity contribution is 5.40. The molecule has 84 valence electrons. The number of aryl methyl sites for hydroxylation is 1. The Morgan fingerprint density at radius 1 is 1.56 bits per heavy atom. The SMILES string of the molecule is CCc1cnc2cc(C3CCNC3)nn2c1. The van der Waals surface area contributed by atoms with Gasteiger partial charge in [0.05, 0.1) is 5.69 Å². The summed E-state index contributed by atoms with van der Waals surface area (Å²) in [4.78, 5) is 4.42. The molecule has 1 saturated heterocycles. The third-order valence-corrected chi connectivity index (χ3v) is 3.27. The van der Waals surface area contributed by atoms with E-state index in [9.17, 15) is 0 Å². The molecule has 1 unspecified atom stereocenters. The van der Waals surface area contributed by atoms with Gasteiger partial charge in [-0.1, -0.05) is 6.92 Å². The quantitative estimate of drug-likeness (QED) is 0.824. The van der Waals surface area contributed by atoms with E-state index < -0.39 is 0 Å². The average molecular weight is 216 g/mol. The van der Waals surface area contributed by atoms with Gasteiger partial charge in [0, 0.05) is 30.9 Å². The summed E-state index contributed by atoms with van der Waals surface area (Å²) in [7, 11) is 0. The van der Waals surface area contributed by atoms with Crippen LogP contribution in [0.5, 0.6) is 0 Å². The third kappa shape index (κ3) is 1.59. The molecule has 1 atom stereocenters. The van der Waals surface area contributed by atoms with E-state index in [4.69, 9.17) is 0 Å². The zero-order valence-corrected chi connectivity index (χ0v) is 9.48. The number of nitrogens with one attached hydrogen (secondary N) is 1. The fourth-order valence-corrected chi connectivity index (χ4v) is 2.22. The Balaban J connectivity index is 2.01. The summed E-state index contributed by atoms with van der Waals surface area (Å²) in [6, 6.07) is 2.11. The zero-order chi connectivity index (χ0) is 11.0. The first-order valence-corrected chi connectivity index (χ1v) is 5.91. The molecule has 0 radical (unpaired) electrons. The van der Waals surface area contributed by atoms with Crippen molar-refractivity contribution in [2.75, 3.05) is 13.1 Å². The number of nitrogens with zero attached hydrogens (tertiary/aromatic N) is 3. The van der Waals surface area contributed by atoms with Crippen molar-refractivity contribution in [1.29, 1.82) is 0 Å². The van der Waals surface area contributed by atoms with Crippen molar-refractivity contribution < 1.29 is 0 Å². The summed E-state index contributed by atoms with van der Waals surface area (Å²) in [5.74, 6) is 0.562. The molecule has 0 aliphatic carbocycles. The molecule has 0 bridgehead atoms. The highest BCUT2D eigenvalue weighted by Crippen LogP contribution is 2.21. The van der Waals surface area contributed by atoms with E-state index in [0.29, 0.717) is 5.92 Å². The normalized spacial score (nSPS) is 20.7. The van der Waals surface area contributed by atoms with Crippen LogP contribution in [0.3, 0.4) is 0 Å². The molecule has 0 aromatic carbocycles. The lowest BCUT2D eigenvalue weighted by Gasteiger charge is -2.01. The van der Waals surface area contributed by atoms with E-state index in [-0.39, 0.29) is 0 Å². The van der Waals surface area contributed by atoms with Gasteiger partial charge in [0.15, 0.2) is 5.65 Å². The highest BCUT2D eigenvalue weighted by Gasteiger charge is 2.19. The first kappa shape index (κ1) is 9.78. The second kappa shape index (κ2) is 3.87. The third-order valence-electron chi connectivity index (χ3n) is 3.27. The van der Waals surface area contributed by atoms with Crippen LogP contribution in [0.2, 0.25) is 0 Å². The number of aromatic nitrogens is 3. The Bertz CT molecular complexity index is 497. The molecule has 3 heterocycles. The van der Waals surface area contributed by atoms with E-state index in [1.54, 1.807) is 0 Å². The predicted molar refractivity (Wildman–Crippen MR) is 62.6 cm³/mol. The van der Waals surface area contributed by atoms with Crippen molar-refractivity contribution in [3.05, 3.63) is 29.7 Å². The lowest BCUT2D eigenvalue weighted by atomic mass is 10.1. The van der Waals surface area contributed by atoms with Crippen molar-refractivity contribution in [3.63, 3.8) is 0 Å². The highest BCUT2D eigenvalue weighted by atomic mass is 15.2. The van der Waals surface area contributed by atoms with Crippen LogP contribution >= 0.6 is 0 Å². The minimum atomic E-state index is 0.562. The lowest BCUT2D eigenvalue weighted by molar-refractivity contribution is 0.717. The molecule has 2 aromatic heterocycles. The second-order valence-corrected chi connectivity index (χ2v) is 4.38. The van der Waals surface area contributed by atoms with Gasteiger partial charge in [0.1, 0.15) is 0 Å². The maximum absolute atomic E-state index is 4.62. The Morgan fingerprint density at radius 3 is 3.25 bits per heavy atom. The largest absolute Gasteiger partial charge is 0.316 e. The fraction of sp³-hybridized carbons (Fsp3) is 0.500. The number of rotatable bonds is 2. The van der Waals surface area contributed by atoms with Crippen LogP contribution < -0.4 is 5.32 Å². The van der Waals surface area contributed by atoms with E-state index in [2.05, 4.69) is 34.6 Å². The fourth-order valence-electron chi connectivity index (χ4n) is 2.22. The maximum Gasteiger partial charge on any atom is 0.155 e. The van der Waals surface area contributed by atoms with E-state index in [1.807, 2.05) is 10.7 Å². The van der Waals surface area contributed by atoms with Crippen LogP contribution in [0.25, 0.3) is 5.65 Å². The topological polar surface area (TPSA) is 42.2 Å². The average Bonchev–Trinajstić information content (AvgIpc) is 2.96. The van der Waals surface area contributed by atoms with Gasteiger partial charge >= 0.3 is 0 Å². The predicted octanol–water partition coefficient (Wildman–Crippen LogP) is 1.37. The van der Waals surface area contributed by atoms with E-state index in [1.165, 1.54) is 17.7 Å². The van der Waals surface area contributed by atoms with Gasteiger partial charge < -0.3 is 5.32 Å². The molecule has 0 spiro atoms. The van der Waals surface area contributed by atoms with Gasteiger partial charge in [-0.3, -0.25) is 0 Å². The van der Waals surface area contributed by atoms with Gasteiger partial charge in [0.25, 0.3) is 0 Å². The summed E-state index contributed by atoms with van der Waals surface area (Å²) in [5.41, 5.74) is 3.36. The van der Waals surface area contributed by atoms with Crippen molar-refractivity contribution in [2.24, 2.45) is 0 Å². The Morgan fingerprint density at radius 2 is 2.50 bits per heavy atom. The molecule has 0 amide bonds. The summed E-state index contributed by atoms with van der Waals surface area (Å²) < 4.78 is 1.91. The molecular weight excluding hydrogens is 200 g/mol. The Labute approximate surface area is 94.7 Å². The smallest absolute Gasteiger partial charge is 0.155 e. The molecule has 16 heavy (non-hydrogen) atoms. The molecule has 1 aliphatic heterocycles. The molecule has 1 N–H and O–H groups in total.